The molecule has 1 aromatic heterocycles. The van der Waals surface area contributed by atoms with Crippen molar-refractivity contribution >= 4 is 11.3 Å². The topological polar surface area (TPSA) is 29.3 Å². The van der Waals surface area contributed by atoms with Gasteiger partial charge < -0.3 is 5.73 Å². The van der Waals surface area contributed by atoms with Gasteiger partial charge in [-0.05, 0) is 62.4 Å². The van der Waals surface area contributed by atoms with Gasteiger partial charge in [-0.25, -0.2) is 0 Å². The molecular weight excluding hydrogens is 276 g/mol. The summed E-state index contributed by atoms with van der Waals surface area (Å²) in [5.41, 5.74) is 10.1. The van der Waals surface area contributed by atoms with Crippen molar-refractivity contribution in [2.24, 2.45) is 5.73 Å². The summed E-state index contributed by atoms with van der Waals surface area (Å²) in [5.74, 6) is 0. The van der Waals surface area contributed by atoms with Crippen LogP contribution in [0.2, 0.25) is 0 Å². The fourth-order valence-electron chi connectivity index (χ4n) is 2.68. The lowest BCUT2D eigenvalue weighted by atomic mass is 9.99. The molecule has 0 spiro atoms. The molecular formula is C18H26N2S. The Bertz CT molecular complexity index is 563. The third kappa shape index (κ3) is 3.94. The molecule has 0 saturated heterocycles. The summed E-state index contributed by atoms with van der Waals surface area (Å²) in [6.45, 7) is 7.25. The van der Waals surface area contributed by atoms with E-state index in [0.29, 0.717) is 12.6 Å². The number of rotatable bonds is 6. The summed E-state index contributed by atoms with van der Waals surface area (Å²) in [6.07, 6.45) is 1.08. The largest absolute Gasteiger partial charge is 0.329 e. The molecule has 0 saturated carbocycles. The molecule has 3 heteroatoms. The van der Waals surface area contributed by atoms with Crippen LogP contribution < -0.4 is 5.73 Å². The molecule has 2 nitrogen and oxygen atoms in total. The molecule has 2 unspecified atom stereocenters. The number of aryl methyl sites for hydroxylation is 2. The summed E-state index contributed by atoms with van der Waals surface area (Å²) in [7, 11) is 2.19. The summed E-state index contributed by atoms with van der Waals surface area (Å²) in [6, 6.07) is 11.8. The predicted molar refractivity (Wildman–Crippen MR) is 93.0 cm³/mol. The Kier molecular flexibility index (Phi) is 5.57. The Morgan fingerprint density at radius 2 is 1.95 bits per heavy atom. The van der Waals surface area contributed by atoms with Gasteiger partial charge in [0.1, 0.15) is 0 Å². The van der Waals surface area contributed by atoms with Gasteiger partial charge in [-0.1, -0.05) is 24.3 Å². The minimum atomic E-state index is 0.277. The second kappa shape index (κ2) is 7.21. The maximum absolute atomic E-state index is 6.07. The maximum atomic E-state index is 6.07. The van der Waals surface area contributed by atoms with Gasteiger partial charge in [0.25, 0.3) is 0 Å². The van der Waals surface area contributed by atoms with E-state index in [0.717, 1.165) is 6.42 Å². The van der Waals surface area contributed by atoms with Gasteiger partial charge in [-0.15, -0.1) is 11.3 Å². The number of benzene rings is 1. The van der Waals surface area contributed by atoms with Gasteiger partial charge in [0.2, 0.25) is 0 Å². The summed E-state index contributed by atoms with van der Waals surface area (Å²) < 4.78 is 0. The Morgan fingerprint density at radius 1 is 1.19 bits per heavy atom. The van der Waals surface area contributed by atoms with Gasteiger partial charge >= 0.3 is 0 Å². The molecule has 0 fully saturated rings. The Balaban J connectivity index is 2.13. The van der Waals surface area contributed by atoms with Crippen LogP contribution in [0.15, 0.2) is 35.7 Å². The quantitative estimate of drug-likeness (QED) is 0.876. The van der Waals surface area contributed by atoms with E-state index in [9.17, 15) is 0 Å². The Morgan fingerprint density at radius 3 is 2.52 bits per heavy atom. The van der Waals surface area contributed by atoms with Crippen molar-refractivity contribution < 1.29 is 0 Å². The van der Waals surface area contributed by atoms with Gasteiger partial charge in [0.05, 0.1) is 0 Å². The van der Waals surface area contributed by atoms with E-state index in [1.54, 1.807) is 0 Å². The number of likely N-dealkylation sites (N-methyl/N-ethyl adjacent to an activating group) is 1. The maximum Gasteiger partial charge on any atom is 0.0470 e. The van der Waals surface area contributed by atoms with Crippen molar-refractivity contribution in [3.8, 4) is 0 Å². The van der Waals surface area contributed by atoms with Crippen molar-refractivity contribution in [3.63, 3.8) is 0 Å². The lowest BCUT2D eigenvalue weighted by molar-refractivity contribution is 0.188. The molecule has 114 valence electrons. The van der Waals surface area contributed by atoms with Crippen LogP contribution in [-0.2, 0) is 6.42 Å². The highest BCUT2D eigenvalue weighted by Gasteiger charge is 2.21. The van der Waals surface area contributed by atoms with Gasteiger partial charge in [0, 0.05) is 23.5 Å². The number of hydrogen-bond acceptors (Lipinski definition) is 3. The average Bonchev–Trinajstić information content (AvgIpc) is 2.96. The third-order valence-corrected chi connectivity index (χ3v) is 5.30. The second-order valence-electron chi connectivity index (χ2n) is 5.89. The smallest absolute Gasteiger partial charge is 0.0470 e. The molecule has 1 aromatic carbocycles. The van der Waals surface area contributed by atoms with E-state index in [2.05, 4.69) is 68.4 Å². The van der Waals surface area contributed by atoms with Crippen LogP contribution in [0.5, 0.6) is 0 Å². The fourth-order valence-corrected chi connectivity index (χ4v) is 3.51. The van der Waals surface area contributed by atoms with E-state index < -0.39 is 0 Å². The highest BCUT2D eigenvalue weighted by Crippen LogP contribution is 2.24. The number of nitrogens with zero attached hydrogens (tertiary/aromatic N) is 1. The molecule has 0 aliphatic rings. The Labute approximate surface area is 132 Å². The average molecular weight is 302 g/mol. The molecule has 2 atom stereocenters. The number of hydrogen-bond donors (Lipinski definition) is 1. The minimum absolute atomic E-state index is 0.277. The van der Waals surface area contributed by atoms with E-state index in [1.807, 2.05) is 11.3 Å². The van der Waals surface area contributed by atoms with Crippen molar-refractivity contribution in [2.75, 3.05) is 13.6 Å². The highest BCUT2D eigenvalue weighted by atomic mass is 32.1. The summed E-state index contributed by atoms with van der Waals surface area (Å²) in [5, 5.41) is 2.14. The van der Waals surface area contributed by atoms with Gasteiger partial charge in [0.15, 0.2) is 0 Å². The monoisotopic (exact) mass is 302 g/mol. The van der Waals surface area contributed by atoms with Gasteiger partial charge in [-0.2, -0.15) is 0 Å². The van der Waals surface area contributed by atoms with E-state index in [4.69, 9.17) is 5.73 Å². The second-order valence-corrected chi connectivity index (χ2v) is 6.93. The first-order valence-corrected chi connectivity index (χ1v) is 8.42. The van der Waals surface area contributed by atoms with Crippen molar-refractivity contribution in [1.82, 2.24) is 4.90 Å². The molecule has 21 heavy (non-hydrogen) atoms. The van der Waals surface area contributed by atoms with Crippen LogP contribution in [-0.4, -0.2) is 24.5 Å². The zero-order chi connectivity index (χ0) is 15.4. The number of nitrogens with two attached hydrogens (primary N) is 1. The van der Waals surface area contributed by atoms with Crippen LogP contribution in [0.25, 0.3) is 0 Å². The first kappa shape index (κ1) is 16.2. The van der Waals surface area contributed by atoms with Gasteiger partial charge in [-0.3, -0.25) is 4.90 Å². The minimum Gasteiger partial charge on any atom is -0.329 e. The van der Waals surface area contributed by atoms with E-state index in [-0.39, 0.29) is 6.04 Å². The standard InChI is InChI=1S/C18H26N2S/c1-13-7-8-16(10-14(13)2)18(12-19)20(4)15(3)11-17-6-5-9-21-17/h5-10,15,18H,11-12,19H2,1-4H3. The molecule has 0 radical (unpaired) electrons. The first-order chi connectivity index (χ1) is 10.0. The lowest BCUT2D eigenvalue weighted by Gasteiger charge is -2.33. The van der Waals surface area contributed by atoms with Crippen LogP contribution in [0, 0.1) is 13.8 Å². The zero-order valence-corrected chi connectivity index (χ0v) is 14.3. The van der Waals surface area contributed by atoms with Crippen LogP contribution in [0.4, 0.5) is 0 Å². The highest BCUT2D eigenvalue weighted by molar-refractivity contribution is 7.09. The third-order valence-electron chi connectivity index (χ3n) is 4.40. The van der Waals surface area contributed by atoms with Crippen molar-refractivity contribution in [2.45, 2.75) is 39.3 Å². The fraction of sp³-hybridized carbons (Fsp3) is 0.444. The molecule has 0 aliphatic carbocycles. The lowest BCUT2D eigenvalue weighted by Crippen LogP contribution is -2.38. The van der Waals surface area contributed by atoms with Crippen LogP contribution in [0.1, 0.15) is 34.5 Å². The Hall–Kier alpha value is -1.16. The van der Waals surface area contributed by atoms with Crippen molar-refractivity contribution in [3.05, 3.63) is 57.3 Å². The molecule has 1 heterocycles. The SMILES string of the molecule is Cc1ccc(C(CN)N(C)C(C)Cc2cccs2)cc1C. The molecule has 0 aliphatic heterocycles. The van der Waals surface area contributed by atoms with Crippen LogP contribution >= 0.6 is 11.3 Å². The van der Waals surface area contributed by atoms with E-state index >= 15 is 0 Å². The zero-order valence-electron chi connectivity index (χ0n) is 13.5. The molecule has 2 aromatic rings. The van der Waals surface area contributed by atoms with Crippen LogP contribution in [0.3, 0.4) is 0 Å². The molecule has 2 rings (SSSR count). The first-order valence-electron chi connectivity index (χ1n) is 7.54. The normalized spacial score (nSPS) is 14.4. The summed E-state index contributed by atoms with van der Waals surface area (Å²) >= 11 is 1.83. The molecule has 0 bridgehead atoms. The van der Waals surface area contributed by atoms with E-state index in [1.165, 1.54) is 21.6 Å². The molecule has 2 N–H and O–H groups in total. The molecule has 0 amide bonds. The predicted octanol–water partition coefficient (Wildman–Crippen LogP) is 3.93. The number of thiophene rings is 1. The summed E-state index contributed by atoms with van der Waals surface area (Å²) in [4.78, 5) is 3.84. The van der Waals surface area contributed by atoms with Crippen molar-refractivity contribution in [1.29, 1.82) is 0 Å².